The van der Waals surface area contributed by atoms with Crippen LogP contribution in [0.2, 0.25) is 5.02 Å². The maximum Gasteiger partial charge on any atom is 0.276 e. The number of sulfonamides is 1. The molecule has 2 aromatic rings. The SMILES string of the molecule is CN1CCN(/C(=N/NS(=O)(=O)c2ccccc2)c2cc(Br)ccc2Cl)CC1. The number of hydrazone groups is 1. The number of halogens is 2. The highest BCUT2D eigenvalue weighted by Gasteiger charge is 2.22. The molecule has 1 N–H and O–H groups in total. The normalized spacial score (nSPS) is 16.4. The Morgan fingerprint density at radius 3 is 2.44 bits per heavy atom. The van der Waals surface area contributed by atoms with Gasteiger partial charge in [-0.3, -0.25) is 0 Å². The van der Waals surface area contributed by atoms with Crippen LogP contribution >= 0.6 is 27.5 Å². The summed E-state index contributed by atoms with van der Waals surface area (Å²) in [5.74, 6) is 0.508. The number of likely N-dealkylation sites (N-methyl/N-ethyl adjacent to an activating group) is 1. The molecule has 27 heavy (non-hydrogen) atoms. The summed E-state index contributed by atoms with van der Waals surface area (Å²) in [6.45, 7) is 3.17. The Morgan fingerprint density at radius 2 is 1.78 bits per heavy atom. The summed E-state index contributed by atoms with van der Waals surface area (Å²) in [6, 6.07) is 13.6. The summed E-state index contributed by atoms with van der Waals surface area (Å²) in [5, 5.41) is 4.78. The zero-order chi connectivity index (χ0) is 19.4. The number of benzene rings is 2. The lowest BCUT2D eigenvalue weighted by Crippen LogP contribution is -2.48. The molecular weight excluding hydrogens is 452 g/mol. The van der Waals surface area contributed by atoms with Crippen molar-refractivity contribution in [2.75, 3.05) is 33.2 Å². The molecule has 0 spiro atoms. The molecule has 1 aliphatic rings. The lowest BCUT2D eigenvalue weighted by atomic mass is 10.1. The summed E-state index contributed by atoms with van der Waals surface area (Å²) in [5.41, 5.74) is 0.673. The second-order valence-corrected chi connectivity index (χ2v) is 9.24. The van der Waals surface area contributed by atoms with E-state index < -0.39 is 10.0 Å². The standard InChI is InChI=1S/C18H20BrClN4O2S/c1-23-9-11-24(12-10-23)18(16-13-14(19)7-8-17(16)20)21-22-27(25,26)15-5-3-2-4-6-15/h2-8,13,22H,9-12H2,1H3/b21-18+. The second kappa shape index (κ2) is 8.60. The number of hydrogen-bond acceptors (Lipinski definition) is 4. The summed E-state index contributed by atoms with van der Waals surface area (Å²) in [7, 11) is -1.71. The van der Waals surface area contributed by atoms with Gasteiger partial charge in [0.25, 0.3) is 10.0 Å². The van der Waals surface area contributed by atoms with E-state index in [1.54, 1.807) is 24.3 Å². The molecule has 1 saturated heterocycles. The van der Waals surface area contributed by atoms with E-state index in [0.29, 0.717) is 16.4 Å². The smallest absolute Gasteiger partial charge is 0.276 e. The molecule has 0 unspecified atom stereocenters. The summed E-state index contributed by atoms with van der Waals surface area (Å²) in [6.07, 6.45) is 0. The van der Waals surface area contributed by atoms with E-state index >= 15 is 0 Å². The first-order valence-electron chi connectivity index (χ1n) is 8.40. The van der Waals surface area contributed by atoms with Gasteiger partial charge in [-0.15, -0.1) is 5.10 Å². The Balaban J connectivity index is 1.96. The second-order valence-electron chi connectivity index (χ2n) is 6.26. The first-order chi connectivity index (χ1) is 12.9. The van der Waals surface area contributed by atoms with Crippen LogP contribution < -0.4 is 4.83 Å². The minimum absolute atomic E-state index is 0.159. The van der Waals surface area contributed by atoms with Gasteiger partial charge in [0.05, 0.1) is 9.92 Å². The van der Waals surface area contributed by atoms with Crippen LogP contribution in [-0.2, 0) is 10.0 Å². The molecule has 0 atom stereocenters. The molecule has 1 heterocycles. The average Bonchev–Trinajstić information content (AvgIpc) is 2.66. The van der Waals surface area contributed by atoms with Gasteiger partial charge in [0.1, 0.15) is 0 Å². The first-order valence-corrected chi connectivity index (χ1v) is 11.1. The molecule has 0 aromatic heterocycles. The topological polar surface area (TPSA) is 65.0 Å². The van der Waals surface area contributed by atoms with Gasteiger partial charge in [-0.2, -0.15) is 13.2 Å². The van der Waals surface area contributed by atoms with E-state index in [0.717, 1.165) is 30.7 Å². The fourth-order valence-electron chi connectivity index (χ4n) is 2.74. The molecule has 0 amide bonds. The van der Waals surface area contributed by atoms with Gasteiger partial charge in [0.15, 0.2) is 5.84 Å². The Bertz CT molecular complexity index is 930. The predicted octanol–water partition coefficient (Wildman–Crippen LogP) is 2.99. The van der Waals surface area contributed by atoms with E-state index in [2.05, 4.69) is 37.8 Å². The molecule has 1 aliphatic heterocycles. The van der Waals surface area contributed by atoms with Crippen molar-refractivity contribution in [3.8, 4) is 0 Å². The molecule has 0 saturated carbocycles. The minimum atomic E-state index is -3.77. The third kappa shape index (κ3) is 5.01. The highest BCUT2D eigenvalue weighted by molar-refractivity contribution is 9.10. The van der Waals surface area contributed by atoms with E-state index in [9.17, 15) is 8.42 Å². The number of nitrogens with one attached hydrogen (secondary N) is 1. The van der Waals surface area contributed by atoms with E-state index in [1.165, 1.54) is 12.1 Å². The van der Waals surface area contributed by atoms with Crippen molar-refractivity contribution in [3.05, 3.63) is 63.6 Å². The molecule has 0 aliphatic carbocycles. The van der Waals surface area contributed by atoms with Crippen LogP contribution in [0.15, 0.2) is 63.0 Å². The van der Waals surface area contributed by atoms with Crippen LogP contribution in [0.1, 0.15) is 5.56 Å². The Kier molecular flexibility index (Phi) is 6.41. The van der Waals surface area contributed by atoms with Crippen molar-refractivity contribution < 1.29 is 8.42 Å². The molecular formula is C18H20BrClN4O2S. The van der Waals surface area contributed by atoms with Crippen molar-refractivity contribution in [2.45, 2.75) is 4.90 Å². The van der Waals surface area contributed by atoms with Gasteiger partial charge in [-0.25, -0.2) is 0 Å². The van der Waals surface area contributed by atoms with E-state index in [1.807, 2.05) is 17.0 Å². The number of amidine groups is 1. The Hall–Kier alpha value is -1.61. The van der Waals surface area contributed by atoms with Gasteiger partial charge in [0.2, 0.25) is 0 Å². The number of hydrogen-bond donors (Lipinski definition) is 1. The minimum Gasteiger partial charge on any atom is -0.352 e. The zero-order valence-corrected chi connectivity index (χ0v) is 17.9. The maximum absolute atomic E-state index is 12.6. The predicted molar refractivity (Wildman–Crippen MR) is 112 cm³/mol. The van der Waals surface area contributed by atoms with Crippen LogP contribution in [0.25, 0.3) is 0 Å². The maximum atomic E-state index is 12.6. The molecule has 3 rings (SSSR count). The number of piperazine rings is 1. The average molecular weight is 472 g/mol. The molecule has 6 nitrogen and oxygen atoms in total. The molecule has 9 heteroatoms. The largest absolute Gasteiger partial charge is 0.352 e. The fraction of sp³-hybridized carbons (Fsp3) is 0.278. The van der Waals surface area contributed by atoms with Crippen LogP contribution in [-0.4, -0.2) is 57.3 Å². The van der Waals surface area contributed by atoms with Crippen LogP contribution in [0.4, 0.5) is 0 Å². The quantitative estimate of drug-likeness (QED) is 0.423. The number of rotatable bonds is 4. The first kappa shape index (κ1) is 20.1. The Morgan fingerprint density at radius 1 is 1.11 bits per heavy atom. The van der Waals surface area contributed by atoms with Crippen molar-refractivity contribution in [1.82, 2.24) is 14.6 Å². The van der Waals surface area contributed by atoms with Gasteiger partial charge >= 0.3 is 0 Å². The van der Waals surface area contributed by atoms with Crippen LogP contribution in [0.3, 0.4) is 0 Å². The van der Waals surface area contributed by atoms with Gasteiger partial charge in [-0.05, 0) is 37.4 Å². The molecule has 144 valence electrons. The molecule has 0 radical (unpaired) electrons. The van der Waals surface area contributed by atoms with Gasteiger partial charge in [0, 0.05) is 36.2 Å². The summed E-state index contributed by atoms with van der Waals surface area (Å²) in [4.78, 5) is 6.78. The van der Waals surface area contributed by atoms with Gasteiger partial charge in [-0.1, -0.05) is 45.7 Å². The van der Waals surface area contributed by atoms with Crippen LogP contribution in [0, 0.1) is 0 Å². The lowest BCUT2D eigenvalue weighted by molar-refractivity contribution is 0.215. The monoisotopic (exact) mass is 470 g/mol. The zero-order valence-electron chi connectivity index (χ0n) is 14.8. The van der Waals surface area contributed by atoms with Gasteiger partial charge < -0.3 is 9.80 Å². The van der Waals surface area contributed by atoms with E-state index in [4.69, 9.17) is 11.6 Å². The third-order valence-electron chi connectivity index (χ3n) is 4.30. The molecule has 1 fully saturated rings. The lowest BCUT2D eigenvalue weighted by Gasteiger charge is -2.34. The van der Waals surface area contributed by atoms with Crippen molar-refractivity contribution in [3.63, 3.8) is 0 Å². The highest BCUT2D eigenvalue weighted by Crippen LogP contribution is 2.23. The third-order valence-corrected chi connectivity index (χ3v) is 6.34. The highest BCUT2D eigenvalue weighted by atomic mass is 79.9. The fourth-order valence-corrected chi connectivity index (χ4v) is 4.13. The van der Waals surface area contributed by atoms with E-state index in [-0.39, 0.29) is 4.90 Å². The van der Waals surface area contributed by atoms with Crippen molar-refractivity contribution >= 4 is 43.4 Å². The molecule has 2 aromatic carbocycles. The van der Waals surface area contributed by atoms with Crippen molar-refractivity contribution in [1.29, 1.82) is 0 Å². The van der Waals surface area contributed by atoms with Crippen LogP contribution in [0.5, 0.6) is 0 Å². The van der Waals surface area contributed by atoms with Crippen molar-refractivity contribution in [2.24, 2.45) is 5.10 Å². The Labute approximate surface area is 173 Å². The summed E-state index contributed by atoms with van der Waals surface area (Å²) < 4.78 is 26.0. The molecule has 0 bridgehead atoms. The number of nitrogens with zero attached hydrogens (tertiary/aromatic N) is 3. The summed E-state index contributed by atoms with van der Waals surface area (Å²) >= 11 is 9.84.